The molecule has 0 amide bonds. The monoisotopic (exact) mass is 1210 g/mol. The molecule has 16 rings (SSSR count). The summed E-state index contributed by atoms with van der Waals surface area (Å²) < 4.78 is 0. The number of rotatable bonds is 16. The lowest BCUT2D eigenvalue weighted by Crippen LogP contribution is -2.10. The van der Waals surface area contributed by atoms with Crippen molar-refractivity contribution in [1.82, 2.24) is 0 Å². The molecule has 0 heterocycles. The van der Waals surface area contributed by atoms with Crippen LogP contribution in [0.3, 0.4) is 0 Å². The summed E-state index contributed by atoms with van der Waals surface area (Å²) in [7, 11) is 0. The quantitative estimate of drug-likeness (QED) is 0.0955. The molecular formula is C92H65N3. The maximum absolute atomic E-state index is 2.39. The predicted octanol–water partition coefficient (Wildman–Crippen LogP) is 26.1. The maximum Gasteiger partial charge on any atom is 0.0468 e. The molecule has 0 unspecified atom stereocenters. The minimum absolute atomic E-state index is 1.08. The third-order valence-corrected chi connectivity index (χ3v) is 18.2. The Balaban J connectivity index is 0.690. The van der Waals surface area contributed by atoms with Crippen LogP contribution in [0.15, 0.2) is 394 Å². The first-order valence-electron chi connectivity index (χ1n) is 32.5. The van der Waals surface area contributed by atoms with Gasteiger partial charge in [0, 0.05) is 51.2 Å². The lowest BCUT2D eigenvalue weighted by atomic mass is 9.99. The van der Waals surface area contributed by atoms with Gasteiger partial charge in [0.15, 0.2) is 0 Å². The van der Waals surface area contributed by atoms with Gasteiger partial charge >= 0.3 is 0 Å². The Morgan fingerprint density at radius 1 is 0.105 bits per heavy atom. The first kappa shape index (κ1) is 57.6. The van der Waals surface area contributed by atoms with Crippen LogP contribution in [0.25, 0.3) is 99.4 Å². The number of fused-ring (bicyclic) bond motifs is 2. The number of benzene rings is 16. The van der Waals surface area contributed by atoms with Crippen LogP contribution in [0.1, 0.15) is 0 Å². The maximum atomic E-state index is 2.39. The first-order valence-corrected chi connectivity index (χ1v) is 32.5. The van der Waals surface area contributed by atoms with Crippen LogP contribution >= 0.6 is 0 Å². The summed E-state index contributed by atoms with van der Waals surface area (Å²) in [5.41, 5.74) is 26.4. The second-order valence-electron chi connectivity index (χ2n) is 24.2. The van der Waals surface area contributed by atoms with Crippen molar-refractivity contribution in [2.45, 2.75) is 0 Å². The van der Waals surface area contributed by atoms with Gasteiger partial charge < -0.3 is 14.7 Å². The number of anilines is 9. The van der Waals surface area contributed by atoms with Gasteiger partial charge in [0.2, 0.25) is 0 Å². The van der Waals surface area contributed by atoms with Crippen molar-refractivity contribution in [2.24, 2.45) is 0 Å². The highest BCUT2D eigenvalue weighted by molar-refractivity contribution is 5.96. The average Bonchev–Trinajstić information content (AvgIpc) is 0.898. The number of nitrogens with zero attached hydrogens (tertiary/aromatic N) is 3. The zero-order chi connectivity index (χ0) is 63.3. The van der Waals surface area contributed by atoms with Crippen LogP contribution in [-0.4, -0.2) is 0 Å². The Hall–Kier alpha value is -12.6. The van der Waals surface area contributed by atoms with Gasteiger partial charge in [0.1, 0.15) is 0 Å². The fraction of sp³-hybridized carbons (Fsp3) is 0. The van der Waals surface area contributed by atoms with Gasteiger partial charge in [0.05, 0.1) is 0 Å². The lowest BCUT2D eigenvalue weighted by molar-refractivity contribution is 1.28. The van der Waals surface area contributed by atoms with Crippen LogP contribution in [0.4, 0.5) is 51.2 Å². The SMILES string of the molecule is c1ccc(-c2ccc(N(c3ccc(-c4ccccc4)cc3)c3ccc(-c4ccc5cc(N(c6ccc(-c7ccccc7)cc6)c6ccc7cc(-c8ccc(N(c9ccc(-c%10ccccc%10)cc9)c9ccc(-c%10ccccc%10)cc9)cc8)ccc7c6)ccc5c4)cc3)cc2)cc1. The first-order chi connectivity index (χ1) is 47.0. The van der Waals surface area contributed by atoms with Crippen LogP contribution in [-0.2, 0) is 0 Å². The summed E-state index contributed by atoms with van der Waals surface area (Å²) in [6.45, 7) is 0. The molecule has 16 aromatic carbocycles. The van der Waals surface area contributed by atoms with E-state index in [1.54, 1.807) is 0 Å². The minimum Gasteiger partial charge on any atom is -0.311 e. The smallest absolute Gasteiger partial charge is 0.0468 e. The second kappa shape index (κ2) is 26.0. The molecule has 3 heteroatoms. The van der Waals surface area contributed by atoms with Crippen molar-refractivity contribution in [3.8, 4) is 77.9 Å². The van der Waals surface area contributed by atoms with Crippen molar-refractivity contribution in [3.05, 3.63) is 394 Å². The van der Waals surface area contributed by atoms with Gasteiger partial charge in [-0.2, -0.15) is 0 Å². The highest BCUT2D eigenvalue weighted by atomic mass is 15.2. The van der Waals surface area contributed by atoms with Crippen molar-refractivity contribution >= 4 is 72.7 Å². The van der Waals surface area contributed by atoms with E-state index >= 15 is 0 Å². The fourth-order valence-corrected chi connectivity index (χ4v) is 13.2. The van der Waals surface area contributed by atoms with E-state index in [9.17, 15) is 0 Å². The van der Waals surface area contributed by atoms with E-state index in [4.69, 9.17) is 0 Å². The highest BCUT2D eigenvalue weighted by Gasteiger charge is 2.19. The molecule has 0 fully saturated rings. The zero-order valence-corrected chi connectivity index (χ0v) is 52.4. The number of hydrogen-bond acceptors (Lipinski definition) is 3. The molecule has 95 heavy (non-hydrogen) atoms. The molecule has 0 N–H and O–H groups in total. The third kappa shape index (κ3) is 12.2. The summed E-state index contributed by atoms with van der Waals surface area (Å²) in [6.07, 6.45) is 0. The Morgan fingerprint density at radius 2 is 0.253 bits per heavy atom. The van der Waals surface area contributed by atoms with Gasteiger partial charge in [-0.25, -0.2) is 0 Å². The normalized spacial score (nSPS) is 11.2. The van der Waals surface area contributed by atoms with E-state index in [0.29, 0.717) is 0 Å². The standard InChI is InChI=1S/C92H65N3/c1-6-16-66(17-7-1)71-30-46-84(47-31-71)93(85-48-32-72(33-49-85)67-18-8-2-9-19-67)88-56-40-76(41-57-88)78-26-28-82-64-91(60-44-80(82)62-78)95(90-54-38-75(39-55-90)70-24-14-5-15-25-70)92-61-45-81-63-79(27-29-83(81)65-92)77-42-58-89(59-43-77)94(86-50-34-73(35-51-86)68-20-10-3-11-21-68)87-52-36-74(37-53-87)69-22-12-4-13-23-69/h1-65H. The van der Waals surface area contributed by atoms with Crippen LogP contribution in [0.5, 0.6) is 0 Å². The molecule has 0 bridgehead atoms. The van der Waals surface area contributed by atoms with Crippen molar-refractivity contribution < 1.29 is 0 Å². The van der Waals surface area contributed by atoms with E-state index in [0.717, 1.165) is 73.4 Å². The summed E-state index contributed by atoms with van der Waals surface area (Å²) in [4.78, 5) is 7.08. The average molecular weight is 1210 g/mol. The van der Waals surface area contributed by atoms with E-state index < -0.39 is 0 Å². The van der Waals surface area contributed by atoms with E-state index in [1.807, 2.05) is 0 Å². The molecule has 0 aliphatic heterocycles. The minimum atomic E-state index is 1.08. The van der Waals surface area contributed by atoms with E-state index in [1.165, 1.54) is 77.2 Å². The van der Waals surface area contributed by atoms with Gasteiger partial charge in [-0.3, -0.25) is 0 Å². The number of hydrogen-bond donors (Lipinski definition) is 0. The zero-order valence-electron chi connectivity index (χ0n) is 52.4. The Morgan fingerprint density at radius 3 is 0.474 bits per heavy atom. The molecule has 0 aliphatic carbocycles. The Labute approximate surface area is 556 Å². The molecule has 16 aromatic rings. The summed E-state index contributed by atoms with van der Waals surface area (Å²) in [5, 5.41) is 4.68. The van der Waals surface area contributed by atoms with Crippen LogP contribution in [0.2, 0.25) is 0 Å². The summed E-state index contributed by atoms with van der Waals surface area (Å²) >= 11 is 0. The molecule has 0 aliphatic rings. The lowest BCUT2D eigenvalue weighted by Gasteiger charge is -2.27. The summed E-state index contributed by atoms with van der Waals surface area (Å²) in [5.74, 6) is 0. The summed E-state index contributed by atoms with van der Waals surface area (Å²) in [6, 6.07) is 143. The van der Waals surface area contributed by atoms with E-state index in [2.05, 4.69) is 409 Å². The van der Waals surface area contributed by atoms with Gasteiger partial charge in [0.25, 0.3) is 0 Å². The van der Waals surface area contributed by atoms with Crippen LogP contribution in [0, 0.1) is 0 Å². The van der Waals surface area contributed by atoms with Gasteiger partial charge in [-0.05, 0) is 221 Å². The van der Waals surface area contributed by atoms with Crippen LogP contribution < -0.4 is 14.7 Å². The van der Waals surface area contributed by atoms with Crippen molar-refractivity contribution in [3.63, 3.8) is 0 Å². The molecule has 0 saturated carbocycles. The highest BCUT2D eigenvalue weighted by Crippen LogP contribution is 2.43. The fourth-order valence-electron chi connectivity index (χ4n) is 13.2. The molecule has 0 atom stereocenters. The molecule has 448 valence electrons. The van der Waals surface area contributed by atoms with Gasteiger partial charge in [-0.1, -0.05) is 273 Å². The Kier molecular flexibility index (Phi) is 15.7. The van der Waals surface area contributed by atoms with Gasteiger partial charge in [-0.15, -0.1) is 0 Å². The molecular weight excluding hydrogens is 1150 g/mol. The van der Waals surface area contributed by atoms with Crippen molar-refractivity contribution in [2.75, 3.05) is 14.7 Å². The largest absolute Gasteiger partial charge is 0.311 e. The molecule has 0 aromatic heterocycles. The molecule has 0 spiro atoms. The predicted molar refractivity (Wildman–Crippen MR) is 404 cm³/mol. The third-order valence-electron chi connectivity index (χ3n) is 18.2. The second-order valence-corrected chi connectivity index (χ2v) is 24.2. The topological polar surface area (TPSA) is 9.72 Å². The van der Waals surface area contributed by atoms with E-state index in [-0.39, 0.29) is 0 Å². The molecule has 3 nitrogen and oxygen atoms in total. The Bertz CT molecular complexity index is 4790. The molecule has 0 saturated heterocycles. The van der Waals surface area contributed by atoms with Crippen molar-refractivity contribution in [1.29, 1.82) is 0 Å². The molecule has 0 radical (unpaired) electrons.